The second-order valence-electron chi connectivity index (χ2n) is 3.97. The van der Waals surface area contributed by atoms with Gasteiger partial charge in [0.15, 0.2) is 0 Å². The highest BCUT2D eigenvalue weighted by Gasteiger charge is 2.13. The topological polar surface area (TPSA) is 29.5 Å². The number of aliphatic hydroxyl groups is 1. The lowest BCUT2D eigenvalue weighted by molar-refractivity contribution is 0.223. The highest BCUT2D eigenvalue weighted by Crippen LogP contribution is 2.32. The lowest BCUT2D eigenvalue weighted by Crippen LogP contribution is -1.99. The van der Waals surface area contributed by atoms with Crippen LogP contribution in [0.15, 0.2) is 36.4 Å². The summed E-state index contributed by atoms with van der Waals surface area (Å²) in [7, 11) is 0. The van der Waals surface area contributed by atoms with Crippen molar-refractivity contribution in [1.29, 1.82) is 0 Å². The summed E-state index contributed by atoms with van der Waals surface area (Å²) >= 11 is 7.26. The SMILES string of the molecule is CCCOc1cccc(C(O)c2ccc(Cl)s2)c1. The third kappa shape index (κ3) is 3.25. The number of hydrogen-bond donors (Lipinski definition) is 1. The predicted molar refractivity (Wildman–Crippen MR) is 75.6 cm³/mol. The van der Waals surface area contributed by atoms with Gasteiger partial charge in [-0.05, 0) is 36.2 Å². The Labute approximate surface area is 116 Å². The average Bonchev–Trinajstić information content (AvgIpc) is 2.82. The molecule has 2 rings (SSSR count). The molecular weight excluding hydrogens is 268 g/mol. The Hall–Kier alpha value is -1.03. The fraction of sp³-hybridized carbons (Fsp3) is 0.286. The Bertz CT molecular complexity index is 510. The van der Waals surface area contributed by atoms with Crippen molar-refractivity contribution in [1.82, 2.24) is 0 Å². The summed E-state index contributed by atoms with van der Waals surface area (Å²) in [5, 5.41) is 10.3. The van der Waals surface area contributed by atoms with E-state index in [0.29, 0.717) is 10.9 Å². The van der Waals surface area contributed by atoms with Crippen LogP contribution in [-0.4, -0.2) is 11.7 Å². The molecule has 0 spiro atoms. The quantitative estimate of drug-likeness (QED) is 0.887. The molecule has 0 aliphatic rings. The zero-order valence-corrected chi connectivity index (χ0v) is 11.7. The molecule has 1 aromatic heterocycles. The van der Waals surface area contributed by atoms with E-state index in [1.54, 1.807) is 6.07 Å². The van der Waals surface area contributed by atoms with Gasteiger partial charge in [0.25, 0.3) is 0 Å². The van der Waals surface area contributed by atoms with E-state index in [1.165, 1.54) is 11.3 Å². The van der Waals surface area contributed by atoms with Crippen molar-refractivity contribution in [3.63, 3.8) is 0 Å². The summed E-state index contributed by atoms with van der Waals surface area (Å²) < 4.78 is 6.24. The van der Waals surface area contributed by atoms with E-state index in [2.05, 4.69) is 6.92 Å². The molecule has 1 N–H and O–H groups in total. The molecule has 1 aromatic carbocycles. The molecule has 0 saturated carbocycles. The maximum absolute atomic E-state index is 10.3. The van der Waals surface area contributed by atoms with Crippen LogP contribution in [0.25, 0.3) is 0 Å². The molecular formula is C14H15ClO2S. The molecule has 0 aliphatic carbocycles. The Morgan fingerprint density at radius 2 is 2.17 bits per heavy atom. The average molecular weight is 283 g/mol. The molecule has 1 atom stereocenters. The smallest absolute Gasteiger partial charge is 0.119 e. The Morgan fingerprint density at radius 3 is 2.83 bits per heavy atom. The number of benzene rings is 1. The predicted octanol–water partition coefficient (Wildman–Crippen LogP) is 4.27. The maximum atomic E-state index is 10.3. The van der Waals surface area contributed by atoms with Crippen LogP contribution in [-0.2, 0) is 0 Å². The van der Waals surface area contributed by atoms with Crippen LogP contribution in [0.1, 0.15) is 29.9 Å². The highest BCUT2D eigenvalue weighted by molar-refractivity contribution is 7.16. The molecule has 18 heavy (non-hydrogen) atoms. The first-order chi connectivity index (χ1) is 8.70. The van der Waals surface area contributed by atoms with Crippen molar-refractivity contribution in [3.05, 3.63) is 51.2 Å². The van der Waals surface area contributed by atoms with Gasteiger partial charge in [0, 0.05) is 4.88 Å². The van der Waals surface area contributed by atoms with Gasteiger partial charge in [0.1, 0.15) is 11.9 Å². The van der Waals surface area contributed by atoms with Gasteiger partial charge in [-0.3, -0.25) is 0 Å². The molecule has 0 fully saturated rings. The van der Waals surface area contributed by atoms with E-state index >= 15 is 0 Å². The van der Waals surface area contributed by atoms with Gasteiger partial charge in [-0.15, -0.1) is 11.3 Å². The van der Waals surface area contributed by atoms with Crippen LogP contribution in [0, 0.1) is 0 Å². The Morgan fingerprint density at radius 1 is 1.33 bits per heavy atom. The zero-order valence-electron chi connectivity index (χ0n) is 10.1. The first kappa shape index (κ1) is 13.4. The van der Waals surface area contributed by atoms with Gasteiger partial charge < -0.3 is 9.84 Å². The summed E-state index contributed by atoms with van der Waals surface area (Å²) in [6, 6.07) is 11.2. The standard InChI is InChI=1S/C14H15ClO2S/c1-2-8-17-11-5-3-4-10(9-11)14(16)12-6-7-13(15)18-12/h3-7,9,14,16H,2,8H2,1H3. The molecule has 4 heteroatoms. The monoisotopic (exact) mass is 282 g/mol. The third-order valence-corrected chi connectivity index (χ3v) is 3.79. The van der Waals surface area contributed by atoms with Crippen LogP contribution < -0.4 is 4.74 Å². The first-order valence-electron chi connectivity index (χ1n) is 5.86. The van der Waals surface area contributed by atoms with Gasteiger partial charge in [0.2, 0.25) is 0 Å². The lowest BCUT2D eigenvalue weighted by atomic mass is 10.1. The third-order valence-electron chi connectivity index (χ3n) is 2.51. The zero-order chi connectivity index (χ0) is 13.0. The summed E-state index contributed by atoms with van der Waals surface area (Å²) in [6.07, 6.45) is 0.320. The molecule has 0 bridgehead atoms. The lowest BCUT2D eigenvalue weighted by Gasteiger charge is -2.11. The van der Waals surface area contributed by atoms with Crippen LogP contribution in [0.3, 0.4) is 0 Å². The second-order valence-corrected chi connectivity index (χ2v) is 5.71. The number of halogens is 1. The maximum Gasteiger partial charge on any atom is 0.119 e. The second kappa shape index (κ2) is 6.23. The molecule has 1 heterocycles. The molecule has 0 amide bonds. The van der Waals surface area contributed by atoms with Crippen molar-refractivity contribution >= 4 is 22.9 Å². The van der Waals surface area contributed by atoms with Gasteiger partial charge in [0.05, 0.1) is 10.9 Å². The van der Waals surface area contributed by atoms with Gasteiger partial charge in [-0.25, -0.2) is 0 Å². The summed E-state index contributed by atoms with van der Waals surface area (Å²) in [4.78, 5) is 0.840. The van der Waals surface area contributed by atoms with Gasteiger partial charge >= 0.3 is 0 Å². The minimum atomic E-state index is -0.646. The molecule has 1 unspecified atom stereocenters. The van der Waals surface area contributed by atoms with Crippen LogP contribution in [0.4, 0.5) is 0 Å². The minimum absolute atomic E-state index is 0.646. The van der Waals surface area contributed by atoms with Crippen LogP contribution in [0.2, 0.25) is 4.34 Å². The fourth-order valence-electron chi connectivity index (χ4n) is 1.63. The van der Waals surface area contributed by atoms with Crippen LogP contribution >= 0.6 is 22.9 Å². The summed E-state index contributed by atoms with van der Waals surface area (Å²) in [5.74, 6) is 0.788. The summed E-state index contributed by atoms with van der Waals surface area (Å²) in [5.41, 5.74) is 0.821. The van der Waals surface area contributed by atoms with E-state index in [9.17, 15) is 5.11 Å². The highest BCUT2D eigenvalue weighted by atomic mass is 35.5. The number of hydrogen-bond acceptors (Lipinski definition) is 3. The van der Waals surface area contributed by atoms with Crippen LogP contribution in [0.5, 0.6) is 5.75 Å². The number of rotatable bonds is 5. The molecule has 2 nitrogen and oxygen atoms in total. The van der Waals surface area contributed by atoms with Gasteiger partial charge in [-0.2, -0.15) is 0 Å². The normalized spacial score (nSPS) is 12.4. The van der Waals surface area contributed by atoms with E-state index < -0.39 is 6.10 Å². The first-order valence-corrected chi connectivity index (χ1v) is 7.06. The van der Waals surface area contributed by atoms with Crippen molar-refractivity contribution in [3.8, 4) is 5.75 Å². The number of aliphatic hydroxyl groups excluding tert-OH is 1. The fourth-order valence-corrected chi connectivity index (χ4v) is 2.71. The largest absolute Gasteiger partial charge is 0.494 e. The molecule has 2 aromatic rings. The van der Waals surface area contributed by atoms with Crippen molar-refractivity contribution < 1.29 is 9.84 Å². The van der Waals surface area contributed by atoms with Crippen molar-refractivity contribution in [2.75, 3.05) is 6.61 Å². The Balaban J connectivity index is 2.17. The van der Waals surface area contributed by atoms with E-state index in [-0.39, 0.29) is 0 Å². The molecule has 96 valence electrons. The Kier molecular flexibility index (Phi) is 4.64. The van der Waals surface area contributed by atoms with Gasteiger partial charge in [-0.1, -0.05) is 30.7 Å². The van der Waals surface area contributed by atoms with E-state index in [1.807, 2.05) is 30.3 Å². The number of ether oxygens (including phenoxy) is 1. The summed E-state index contributed by atoms with van der Waals surface area (Å²) in [6.45, 7) is 2.75. The minimum Gasteiger partial charge on any atom is -0.494 e. The van der Waals surface area contributed by atoms with Crippen molar-refractivity contribution in [2.45, 2.75) is 19.4 Å². The molecule has 0 aliphatic heterocycles. The van der Waals surface area contributed by atoms with E-state index in [0.717, 1.165) is 22.6 Å². The van der Waals surface area contributed by atoms with Crippen molar-refractivity contribution in [2.24, 2.45) is 0 Å². The number of thiophene rings is 1. The molecule has 0 saturated heterocycles. The molecule has 0 radical (unpaired) electrons. The van der Waals surface area contributed by atoms with E-state index in [4.69, 9.17) is 16.3 Å².